The molecule has 2 aromatic carbocycles. The molecule has 170 valence electrons. The van der Waals surface area contributed by atoms with Crippen LogP contribution in [0.3, 0.4) is 0 Å². The molecule has 3 heterocycles. The normalized spacial score (nSPS) is 14.5. The predicted octanol–water partition coefficient (Wildman–Crippen LogP) is 4.51. The summed E-state index contributed by atoms with van der Waals surface area (Å²) in [5.74, 6) is 2.94. The minimum absolute atomic E-state index is 0.0738. The van der Waals surface area contributed by atoms with E-state index < -0.39 is 0 Å². The monoisotopic (exact) mass is 444 g/mol. The number of rotatable bonds is 6. The number of aromatic amines is 1. The first-order valence-electron chi connectivity index (χ1n) is 11.3. The van der Waals surface area contributed by atoms with Gasteiger partial charge in [0.25, 0.3) is 5.91 Å². The predicted molar refractivity (Wildman–Crippen MR) is 127 cm³/mol. The number of nitrogens with one attached hydrogen (secondary N) is 1. The molecule has 0 spiro atoms. The lowest BCUT2D eigenvalue weighted by atomic mass is 9.89. The lowest BCUT2D eigenvalue weighted by molar-refractivity contribution is 0.0713. The van der Waals surface area contributed by atoms with Gasteiger partial charge in [0.05, 0.1) is 7.11 Å². The Bertz CT molecular complexity index is 1250. The molecule has 7 heteroatoms. The third-order valence-electron chi connectivity index (χ3n) is 6.53. The molecule has 5 rings (SSSR count). The van der Waals surface area contributed by atoms with E-state index in [1.807, 2.05) is 53.0 Å². The number of methoxy groups -OCH3 is 1. The molecule has 0 radical (unpaired) electrons. The minimum atomic E-state index is 0.0738. The fourth-order valence-electron chi connectivity index (χ4n) is 4.54. The van der Waals surface area contributed by atoms with Gasteiger partial charge in [0.2, 0.25) is 0 Å². The van der Waals surface area contributed by atoms with Crippen LogP contribution in [-0.2, 0) is 13.7 Å². The number of amides is 1. The Morgan fingerprint density at radius 1 is 1.12 bits per heavy atom. The van der Waals surface area contributed by atoms with Gasteiger partial charge in [-0.1, -0.05) is 0 Å². The molecular weight excluding hydrogens is 416 g/mol. The summed E-state index contributed by atoms with van der Waals surface area (Å²) in [6.45, 7) is 1.89. The first-order valence-corrected chi connectivity index (χ1v) is 11.3. The number of likely N-dealkylation sites (tertiary alicyclic amines) is 1. The first-order chi connectivity index (χ1) is 16.1. The summed E-state index contributed by atoms with van der Waals surface area (Å²) in [5, 5.41) is 1.21. The highest BCUT2D eigenvalue weighted by atomic mass is 16.5. The van der Waals surface area contributed by atoms with Crippen molar-refractivity contribution in [3.8, 4) is 11.5 Å². The van der Waals surface area contributed by atoms with Crippen molar-refractivity contribution >= 4 is 16.8 Å². The van der Waals surface area contributed by atoms with Crippen molar-refractivity contribution < 1.29 is 14.3 Å². The number of carbonyl (C=O) groups is 1. The zero-order valence-corrected chi connectivity index (χ0v) is 19.0. The fraction of sp³-hybridized carbons (Fsp3) is 0.308. The minimum Gasteiger partial charge on any atom is -0.497 e. The maximum Gasteiger partial charge on any atom is 0.253 e. The standard InChI is InChI=1S/C26H28N4O3/c1-29-14-11-27-25(29)17-33-20-5-3-19(4-6-20)26(31)30-12-9-18(10-13-30)23-16-28-24-8-7-21(32-2)15-22(23)24/h3-8,11,14-16,18,28H,9-10,12-13,17H2,1-2H3. The fourth-order valence-corrected chi connectivity index (χ4v) is 4.54. The van der Waals surface area contributed by atoms with Gasteiger partial charge in [0.15, 0.2) is 0 Å². The summed E-state index contributed by atoms with van der Waals surface area (Å²) in [5.41, 5.74) is 3.12. The summed E-state index contributed by atoms with van der Waals surface area (Å²) in [6.07, 6.45) is 7.63. The van der Waals surface area contributed by atoms with Crippen LogP contribution in [0.25, 0.3) is 10.9 Å². The Hall–Kier alpha value is -3.74. The number of benzene rings is 2. The van der Waals surface area contributed by atoms with Crippen LogP contribution in [0.2, 0.25) is 0 Å². The van der Waals surface area contributed by atoms with Crippen LogP contribution in [0, 0.1) is 0 Å². The van der Waals surface area contributed by atoms with Crippen LogP contribution in [0.5, 0.6) is 11.5 Å². The quantitative estimate of drug-likeness (QED) is 0.475. The maximum atomic E-state index is 13.0. The van der Waals surface area contributed by atoms with Gasteiger partial charge in [-0.2, -0.15) is 0 Å². The van der Waals surface area contributed by atoms with Crippen molar-refractivity contribution in [2.24, 2.45) is 7.05 Å². The van der Waals surface area contributed by atoms with E-state index >= 15 is 0 Å². The van der Waals surface area contributed by atoms with Gasteiger partial charge in [0.1, 0.15) is 23.9 Å². The van der Waals surface area contributed by atoms with Crippen LogP contribution in [0.4, 0.5) is 0 Å². The van der Waals surface area contributed by atoms with E-state index in [-0.39, 0.29) is 5.91 Å². The van der Waals surface area contributed by atoms with Crippen LogP contribution in [0.1, 0.15) is 40.5 Å². The lowest BCUT2D eigenvalue weighted by Gasteiger charge is -2.32. The third-order valence-corrected chi connectivity index (χ3v) is 6.53. The van der Waals surface area contributed by atoms with Crippen molar-refractivity contribution in [3.63, 3.8) is 0 Å². The zero-order valence-electron chi connectivity index (χ0n) is 19.0. The largest absolute Gasteiger partial charge is 0.497 e. The van der Waals surface area contributed by atoms with Crippen molar-refractivity contribution in [2.45, 2.75) is 25.4 Å². The Morgan fingerprint density at radius 3 is 2.58 bits per heavy atom. The van der Waals surface area contributed by atoms with E-state index in [0.29, 0.717) is 18.1 Å². The molecule has 0 unspecified atom stereocenters. The zero-order chi connectivity index (χ0) is 22.8. The second-order valence-electron chi connectivity index (χ2n) is 8.49. The average molecular weight is 445 g/mol. The molecule has 0 atom stereocenters. The Kier molecular flexibility index (Phi) is 5.77. The van der Waals surface area contributed by atoms with Crippen molar-refractivity contribution in [3.05, 3.63) is 78.0 Å². The van der Waals surface area contributed by atoms with E-state index in [4.69, 9.17) is 9.47 Å². The topological polar surface area (TPSA) is 72.4 Å². The number of imidazole rings is 1. The molecule has 33 heavy (non-hydrogen) atoms. The number of aryl methyl sites for hydroxylation is 1. The first kappa shape index (κ1) is 21.1. The number of H-pyrrole nitrogens is 1. The molecule has 0 bridgehead atoms. The van der Waals surface area contributed by atoms with Gasteiger partial charge in [0, 0.05) is 55.2 Å². The number of aromatic nitrogens is 3. The number of nitrogens with zero attached hydrogens (tertiary/aromatic N) is 3. The van der Waals surface area contributed by atoms with Crippen LogP contribution < -0.4 is 9.47 Å². The highest BCUT2D eigenvalue weighted by molar-refractivity contribution is 5.94. The van der Waals surface area contributed by atoms with E-state index in [1.54, 1.807) is 13.3 Å². The molecule has 1 aliphatic rings. The summed E-state index contributed by atoms with van der Waals surface area (Å²) in [4.78, 5) is 22.6. The molecule has 1 saturated heterocycles. The molecule has 2 aromatic heterocycles. The van der Waals surface area contributed by atoms with E-state index in [0.717, 1.165) is 48.8 Å². The van der Waals surface area contributed by atoms with Gasteiger partial charge in [-0.15, -0.1) is 0 Å². The van der Waals surface area contributed by atoms with Gasteiger partial charge in [-0.25, -0.2) is 4.98 Å². The summed E-state index contributed by atoms with van der Waals surface area (Å²) in [7, 11) is 3.63. The summed E-state index contributed by atoms with van der Waals surface area (Å²) < 4.78 is 13.1. The molecule has 1 aliphatic heterocycles. The maximum absolute atomic E-state index is 13.0. The van der Waals surface area contributed by atoms with Crippen LogP contribution in [0.15, 0.2) is 61.1 Å². The number of fused-ring (bicyclic) bond motifs is 1. The summed E-state index contributed by atoms with van der Waals surface area (Å²) in [6, 6.07) is 13.5. The SMILES string of the molecule is COc1ccc2[nH]cc(C3CCN(C(=O)c4ccc(OCc5nccn5C)cc4)CC3)c2c1. The van der Waals surface area contributed by atoms with Gasteiger partial charge >= 0.3 is 0 Å². The molecular formula is C26H28N4O3. The van der Waals surface area contributed by atoms with Crippen molar-refractivity contribution in [1.82, 2.24) is 19.4 Å². The summed E-state index contributed by atoms with van der Waals surface area (Å²) >= 11 is 0. The molecule has 0 aliphatic carbocycles. The third kappa shape index (κ3) is 4.31. The van der Waals surface area contributed by atoms with Crippen molar-refractivity contribution in [1.29, 1.82) is 0 Å². The smallest absolute Gasteiger partial charge is 0.253 e. The molecule has 1 fully saturated rings. The second kappa shape index (κ2) is 9.02. The van der Waals surface area contributed by atoms with Crippen LogP contribution >= 0.6 is 0 Å². The second-order valence-corrected chi connectivity index (χ2v) is 8.49. The van der Waals surface area contributed by atoms with Gasteiger partial charge in [-0.05, 0) is 66.8 Å². The molecule has 1 amide bonds. The molecule has 1 N–H and O–H groups in total. The highest BCUT2D eigenvalue weighted by Gasteiger charge is 2.26. The number of piperidine rings is 1. The van der Waals surface area contributed by atoms with Gasteiger partial charge in [-0.3, -0.25) is 4.79 Å². The number of carbonyl (C=O) groups excluding carboxylic acids is 1. The van der Waals surface area contributed by atoms with Gasteiger partial charge < -0.3 is 23.9 Å². The molecule has 7 nitrogen and oxygen atoms in total. The van der Waals surface area contributed by atoms with Crippen molar-refractivity contribution in [2.75, 3.05) is 20.2 Å². The van der Waals surface area contributed by atoms with E-state index in [9.17, 15) is 4.79 Å². The number of hydrogen-bond acceptors (Lipinski definition) is 4. The average Bonchev–Trinajstić information content (AvgIpc) is 3.48. The molecule has 0 saturated carbocycles. The number of hydrogen-bond donors (Lipinski definition) is 1. The van der Waals surface area contributed by atoms with E-state index in [2.05, 4.69) is 28.3 Å². The Morgan fingerprint density at radius 2 is 1.88 bits per heavy atom. The Labute approximate surface area is 193 Å². The molecule has 4 aromatic rings. The number of ether oxygens (including phenoxy) is 2. The lowest BCUT2D eigenvalue weighted by Crippen LogP contribution is -2.37. The Balaban J connectivity index is 1.20. The van der Waals surface area contributed by atoms with Crippen LogP contribution in [-0.4, -0.2) is 45.5 Å². The highest BCUT2D eigenvalue weighted by Crippen LogP contribution is 2.35. The van der Waals surface area contributed by atoms with E-state index in [1.165, 1.54) is 10.9 Å².